The maximum Gasteiger partial charge on any atom is 0.313 e. The Morgan fingerprint density at radius 2 is 1.85 bits per heavy atom. The molecular weight excluding hydrogens is 450 g/mol. The van der Waals surface area contributed by atoms with Gasteiger partial charge in [0.2, 0.25) is 5.16 Å². The van der Waals surface area contributed by atoms with Crippen molar-refractivity contribution in [3.8, 4) is 11.5 Å². The highest BCUT2D eigenvalue weighted by Crippen LogP contribution is 2.25. The monoisotopic (exact) mass is 470 g/mol. The first-order valence-corrected chi connectivity index (χ1v) is 11.4. The zero-order valence-corrected chi connectivity index (χ0v) is 18.6. The van der Waals surface area contributed by atoms with Gasteiger partial charge in [0.25, 0.3) is 0 Å². The molecule has 170 valence electrons. The summed E-state index contributed by atoms with van der Waals surface area (Å²) in [5.41, 5.74) is 3.39. The molecule has 2 heterocycles. The van der Waals surface area contributed by atoms with E-state index in [2.05, 4.69) is 15.4 Å². The molecule has 33 heavy (non-hydrogen) atoms. The number of benzene rings is 2. The molecule has 1 N–H and O–H groups in total. The second kappa shape index (κ2) is 9.45. The number of rotatable bonds is 7. The molecule has 0 aliphatic heterocycles. The van der Waals surface area contributed by atoms with Crippen LogP contribution in [0.5, 0.6) is 11.5 Å². The molecule has 4 aromatic rings. The Kier molecular flexibility index (Phi) is 6.45. The quantitative estimate of drug-likeness (QED) is 0.409. The zero-order valence-electron chi connectivity index (χ0n) is 17.8. The van der Waals surface area contributed by atoms with Crippen molar-refractivity contribution in [3.05, 3.63) is 88.3 Å². The predicted octanol–water partition coefficient (Wildman–Crippen LogP) is 4.12. The molecule has 1 atom stereocenters. The van der Waals surface area contributed by atoms with Gasteiger partial charge in [-0.1, -0.05) is 30.3 Å². The molecule has 0 amide bonds. The highest BCUT2D eigenvalue weighted by molar-refractivity contribution is 7.84. The van der Waals surface area contributed by atoms with Crippen molar-refractivity contribution in [2.75, 3.05) is 5.43 Å². The lowest BCUT2D eigenvalue weighted by molar-refractivity contribution is 0.430. The van der Waals surface area contributed by atoms with Crippen LogP contribution in [-0.2, 0) is 16.6 Å². The van der Waals surface area contributed by atoms with Crippen molar-refractivity contribution in [1.82, 2.24) is 14.6 Å². The molecule has 10 heteroatoms. The van der Waals surface area contributed by atoms with Crippen LogP contribution in [0.4, 0.5) is 8.78 Å². The number of hydrogen-bond acceptors (Lipinski definition) is 6. The van der Waals surface area contributed by atoms with Gasteiger partial charge in [-0.25, -0.2) is 23.4 Å². The van der Waals surface area contributed by atoms with E-state index in [1.807, 2.05) is 44.2 Å². The molecule has 2 aromatic heterocycles. The second-order valence-corrected chi connectivity index (χ2v) is 8.86. The summed E-state index contributed by atoms with van der Waals surface area (Å²) in [6.45, 7) is 3.64. The van der Waals surface area contributed by atoms with Gasteiger partial charge in [0.1, 0.15) is 5.82 Å². The number of fused-ring (bicyclic) bond motifs is 1. The number of halogens is 2. The van der Waals surface area contributed by atoms with E-state index >= 15 is 0 Å². The molecule has 0 spiro atoms. The van der Waals surface area contributed by atoms with Crippen LogP contribution in [-0.4, -0.2) is 24.9 Å². The molecule has 0 aliphatic rings. The molecule has 4 rings (SSSR count). The third kappa shape index (κ3) is 5.06. The number of nitrogens with zero attached hydrogens (tertiary/aromatic N) is 3. The molecule has 1 unspecified atom stereocenters. The van der Waals surface area contributed by atoms with Gasteiger partial charge in [-0.2, -0.15) is 0 Å². The van der Waals surface area contributed by atoms with E-state index in [-0.39, 0.29) is 34.1 Å². The Labute approximate surface area is 190 Å². The van der Waals surface area contributed by atoms with Crippen LogP contribution in [0.1, 0.15) is 19.4 Å². The van der Waals surface area contributed by atoms with E-state index in [0.29, 0.717) is 11.5 Å². The molecular formula is C23H20F2N4O3S. The first-order chi connectivity index (χ1) is 15.8. The second-order valence-electron chi connectivity index (χ2n) is 7.52. The van der Waals surface area contributed by atoms with Crippen LogP contribution in [0.15, 0.2) is 70.7 Å². The molecule has 0 fully saturated rings. The van der Waals surface area contributed by atoms with E-state index in [0.717, 1.165) is 22.4 Å². The van der Waals surface area contributed by atoms with E-state index in [9.17, 15) is 17.8 Å². The summed E-state index contributed by atoms with van der Waals surface area (Å²) in [6, 6.07) is 13.3. The fourth-order valence-corrected chi connectivity index (χ4v) is 4.07. The molecule has 0 saturated carbocycles. The molecule has 0 saturated heterocycles. The lowest BCUT2D eigenvalue weighted by Gasteiger charge is -2.17. The third-order valence-corrected chi connectivity index (χ3v) is 5.73. The minimum Gasteiger partial charge on any atom is -0.448 e. The maximum atomic E-state index is 14.1. The summed E-state index contributed by atoms with van der Waals surface area (Å²) in [6.07, 6.45) is 1.42. The zero-order chi connectivity index (χ0) is 23.5. The largest absolute Gasteiger partial charge is 0.448 e. The molecule has 0 bridgehead atoms. The number of hydrogen-bond donors (Lipinski definition) is 1. The Morgan fingerprint density at radius 1 is 1.09 bits per heavy atom. The summed E-state index contributed by atoms with van der Waals surface area (Å²) in [5, 5.41) is 0.476. The van der Waals surface area contributed by atoms with Crippen molar-refractivity contribution in [1.29, 1.82) is 0 Å². The van der Waals surface area contributed by atoms with Crippen LogP contribution < -0.4 is 15.7 Å². The normalized spacial score (nSPS) is 12.2. The van der Waals surface area contributed by atoms with Gasteiger partial charge in [-0.15, -0.1) is 0 Å². The van der Waals surface area contributed by atoms with Gasteiger partial charge in [0.05, 0.1) is 16.6 Å². The fourth-order valence-electron chi connectivity index (χ4n) is 3.08. The van der Waals surface area contributed by atoms with Crippen LogP contribution in [0, 0.1) is 11.6 Å². The summed E-state index contributed by atoms with van der Waals surface area (Å²) in [5.74, 6) is -1.99. The third-order valence-electron chi connectivity index (χ3n) is 4.53. The van der Waals surface area contributed by atoms with Crippen molar-refractivity contribution < 1.29 is 17.7 Å². The van der Waals surface area contributed by atoms with Gasteiger partial charge in [-0.3, -0.25) is 9.00 Å². The molecule has 2 aromatic carbocycles. The van der Waals surface area contributed by atoms with Crippen LogP contribution in [0.2, 0.25) is 0 Å². The van der Waals surface area contributed by atoms with Crippen LogP contribution >= 0.6 is 0 Å². The number of ether oxygens (including phenoxy) is 1. The summed E-state index contributed by atoms with van der Waals surface area (Å²) >= 11 is 0. The summed E-state index contributed by atoms with van der Waals surface area (Å²) in [7, 11) is -1.54. The summed E-state index contributed by atoms with van der Waals surface area (Å²) < 4.78 is 46.7. The summed E-state index contributed by atoms with van der Waals surface area (Å²) in [4.78, 5) is 21.7. The minimum absolute atomic E-state index is 0.0725. The maximum absolute atomic E-state index is 14.1. The predicted molar refractivity (Wildman–Crippen MR) is 121 cm³/mol. The lowest BCUT2D eigenvalue weighted by Crippen LogP contribution is -2.34. The lowest BCUT2D eigenvalue weighted by atomic mass is 10.2. The van der Waals surface area contributed by atoms with Crippen molar-refractivity contribution in [2.24, 2.45) is 0 Å². The average Bonchev–Trinajstić information content (AvgIpc) is 2.78. The minimum atomic E-state index is -1.54. The van der Waals surface area contributed by atoms with E-state index in [1.54, 1.807) is 0 Å². The van der Waals surface area contributed by atoms with Crippen LogP contribution in [0.3, 0.4) is 0 Å². The first-order valence-electron chi connectivity index (χ1n) is 10.1. The van der Waals surface area contributed by atoms with E-state index in [4.69, 9.17) is 4.74 Å². The van der Waals surface area contributed by atoms with E-state index < -0.39 is 28.0 Å². The molecule has 7 nitrogen and oxygen atoms in total. The van der Waals surface area contributed by atoms with Gasteiger partial charge in [0, 0.05) is 23.7 Å². The Morgan fingerprint density at radius 3 is 2.55 bits per heavy atom. The van der Waals surface area contributed by atoms with Crippen molar-refractivity contribution in [3.63, 3.8) is 0 Å². The Bertz CT molecular complexity index is 1390. The highest BCUT2D eigenvalue weighted by atomic mass is 32.2. The Balaban J connectivity index is 1.76. The van der Waals surface area contributed by atoms with Crippen molar-refractivity contribution in [2.45, 2.75) is 30.8 Å². The number of pyridine rings is 1. The van der Waals surface area contributed by atoms with Gasteiger partial charge >= 0.3 is 5.56 Å². The first kappa shape index (κ1) is 22.5. The van der Waals surface area contributed by atoms with Crippen LogP contribution in [0.25, 0.3) is 11.0 Å². The average molecular weight is 471 g/mol. The highest BCUT2D eigenvalue weighted by Gasteiger charge is 2.18. The van der Waals surface area contributed by atoms with Crippen molar-refractivity contribution >= 4 is 21.8 Å². The van der Waals surface area contributed by atoms with E-state index in [1.165, 1.54) is 12.3 Å². The van der Waals surface area contributed by atoms with Gasteiger partial charge in [0.15, 0.2) is 23.0 Å². The fraction of sp³-hybridized carbons (Fsp3) is 0.174. The smallest absolute Gasteiger partial charge is 0.313 e. The number of nitrogens with one attached hydrogen (secondary N) is 1. The topological polar surface area (TPSA) is 86.1 Å². The number of aromatic nitrogens is 3. The standard InChI is InChI=1S/C23H20F2N4O3S/c1-14(2)28-29-21-16(10-20(22(29)30)32-19-9-8-17(24)11-18(19)25)12-26-23(27-21)33(31)13-15-6-4-3-5-7-15/h3-12,14,28H,13H2,1-2H3. The molecule has 0 aliphatic carbocycles. The SMILES string of the molecule is CC(C)Nn1c(=O)c(Oc2ccc(F)cc2F)cc2cnc(S(=O)Cc3ccccc3)nc21. The van der Waals surface area contributed by atoms with Gasteiger partial charge < -0.3 is 10.2 Å². The molecule has 0 radical (unpaired) electrons. The van der Waals surface area contributed by atoms with Gasteiger partial charge in [-0.05, 0) is 37.6 Å². The Hall–Kier alpha value is -3.66.